The zero-order valence-corrected chi connectivity index (χ0v) is 21.0. The topological polar surface area (TPSA) is 114 Å². The van der Waals surface area contributed by atoms with Crippen molar-refractivity contribution in [3.05, 3.63) is 89.0 Å². The van der Waals surface area contributed by atoms with Crippen molar-refractivity contribution >= 4 is 33.2 Å². The van der Waals surface area contributed by atoms with Crippen LogP contribution < -0.4 is 15.4 Å². The number of anilines is 2. The van der Waals surface area contributed by atoms with Crippen LogP contribution in [-0.4, -0.2) is 39.5 Å². The maximum atomic E-state index is 13.1. The maximum absolute atomic E-state index is 13.1. The molecule has 1 atom stereocenters. The van der Waals surface area contributed by atoms with Gasteiger partial charge in [-0.05, 0) is 74.2 Å². The molecule has 1 saturated heterocycles. The van der Waals surface area contributed by atoms with E-state index in [0.717, 1.165) is 18.4 Å². The number of hydrogen-bond acceptors (Lipinski definition) is 5. The van der Waals surface area contributed by atoms with Crippen molar-refractivity contribution in [2.45, 2.75) is 37.7 Å². The lowest BCUT2D eigenvalue weighted by atomic mass is 10.1. The summed E-state index contributed by atoms with van der Waals surface area (Å²) in [5.74, 6) is -0.850. The van der Waals surface area contributed by atoms with E-state index in [9.17, 15) is 18.0 Å². The molecule has 0 saturated carbocycles. The monoisotopic (exact) mass is 507 g/mol. The van der Waals surface area contributed by atoms with E-state index in [-0.39, 0.29) is 22.5 Å². The summed E-state index contributed by atoms with van der Waals surface area (Å²) < 4.78 is 34.3. The third kappa shape index (κ3) is 6.10. The van der Waals surface area contributed by atoms with Crippen molar-refractivity contribution in [1.29, 1.82) is 0 Å². The van der Waals surface area contributed by atoms with Gasteiger partial charge in [0, 0.05) is 24.4 Å². The van der Waals surface area contributed by atoms with Crippen molar-refractivity contribution in [3.63, 3.8) is 0 Å². The van der Waals surface area contributed by atoms with Crippen molar-refractivity contribution in [3.8, 4) is 0 Å². The Bertz CT molecular complexity index is 1380. The molecule has 3 aromatic carbocycles. The van der Waals surface area contributed by atoms with E-state index in [1.807, 2.05) is 13.0 Å². The van der Waals surface area contributed by atoms with Crippen LogP contribution in [0, 0.1) is 13.8 Å². The van der Waals surface area contributed by atoms with E-state index >= 15 is 0 Å². The van der Waals surface area contributed by atoms with Crippen LogP contribution in [0.15, 0.2) is 71.6 Å². The summed E-state index contributed by atoms with van der Waals surface area (Å²) in [6.07, 6.45) is 1.87. The van der Waals surface area contributed by atoms with Gasteiger partial charge >= 0.3 is 0 Å². The lowest BCUT2D eigenvalue weighted by Gasteiger charge is -2.15. The Morgan fingerprint density at radius 2 is 1.78 bits per heavy atom. The molecule has 1 fully saturated rings. The molecule has 36 heavy (non-hydrogen) atoms. The van der Waals surface area contributed by atoms with Crippen LogP contribution >= 0.6 is 0 Å². The van der Waals surface area contributed by atoms with E-state index in [1.165, 1.54) is 6.07 Å². The first-order valence-corrected chi connectivity index (χ1v) is 13.2. The van der Waals surface area contributed by atoms with Crippen LogP contribution in [0.1, 0.15) is 44.7 Å². The number of carbonyl (C=O) groups excluding carboxylic acids is 2. The number of benzene rings is 3. The normalized spacial score (nSPS) is 15.3. The van der Waals surface area contributed by atoms with Gasteiger partial charge in [0.1, 0.15) is 0 Å². The highest BCUT2D eigenvalue weighted by Crippen LogP contribution is 2.23. The number of sulfonamides is 1. The van der Waals surface area contributed by atoms with Crippen molar-refractivity contribution in [1.82, 2.24) is 5.32 Å². The van der Waals surface area contributed by atoms with Gasteiger partial charge in [0.25, 0.3) is 21.8 Å². The van der Waals surface area contributed by atoms with Gasteiger partial charge < -0.3 is 15.4 Å². The smallest absolute Gasteiger partial charge is 0.262 e. The number of rotatable bonds is 8. The number of hydrogen-bond donors (Lipinski definition) is 3. The van der Waals surface area contributed by atoms with E-state index in [2.05, 4.69) is 15.4 Å². The molecule has 8 nitrogen and oxygen atoms in total. The van der Waals surface area contributed by atoms with E-state index in [4.69, 9.17) is 4.74 Å². The van der Waals surface area contributed by atoms with Crippen LogP contribution in [0.4, 0.5) is 11.4 Å². The Kier molecular flexibility index (Phi) is 7.71. The summed E-state index contributed by atoms with van der Waals surface area (Å²) in [6.45, 7) is 4.63. The van der Waals surface area contributed by atoms with E-state index < -0.39 is 15.9 Å². The summed E-state index contributed by atoms with van der Waals surface area (Å²) in [7, 11) is -3.93. The van der Waals surface area contributed by atoms with Crippen molar-refractivity contribution in [2.24, 2.45) is 0 Å². The van der Waals surface area contributed by atoms with Crippen LogP contribution in [-0.2, 0) is 14.8 Å². The number of amides is 2. The molecule has 0 aromatic heterocycles. The minimum Gasteiger partial charge on any atom is -0.376 e. The molecule has 0 spiro atoms. The molecular formula is C27H29N3O5S. The molecule has 4 rings (SSSR count). The maximum Gasteiger partial charge on any atom is 0.262 e. The van der Waals surface area contributed by atoms with Gasteiger partial charge in [0.05, 0.1) is 22.3 Å². The highest BCUT2D eigenvalue weighted by molar-refractivity contribution is 7.92. The number of carbonyl (C=O) groups is 2. The van der Waals surface area contributed by atoms with E-state index in [1.54, 1.807) is 61.5 Å². The molecule has 1 aliphatic rings. The van der Waals surface area contributed by atoms with Gasteiger partial charge in [-0.1, -0.05) is 30.3 Å². The first kappa shape index (κ1) is 25.4. The molecule has 0 bridgehead atoms. The molecule has 1 heterocycles. The van der Waals surface area contributed by atoms with Gasteiger partial charge in [-0.2, -0.15) is 0 Å². The highest BCUT2D eigenvalue weighted by Gasteiger charge is 2.21. The molecule has 9 heteroatoms. The fraction of sp³-hybridized carbons (Fsp3) is 0.259. The first-order chi connectivity index (χ1) is 17.2. The summed E-state index contributed by atoms with van der Waals surface area (Å²) in [5, 5.41) is 5.60. The molecule has 0 aliphatic carbocycles. The number of nitrogens with one attached hydrogen (secondary N) is 3. The second-order valence-electron chi connectivity index (χ2n) is 8.80. The Balaban J connectivity index is 1.52. The fourth-order valence-corrected chi connectivity index (χ4v) is 5.36. The number of para-hydroxylation sites is 1. The molecule has 3 aromatic rings. The third-order valence-corrected chi connectivity index (χ3v) is 7.47. The first-order valence-electron chi connectivity index (χ1n) is 11.7. The zero-order valence-electron chi connectivity index (χ0n) is 20.2. The predicted molar refractivity (Wildman–Crippen MR) is 139 cm³/mol. The second-order valence-corrected chi connectivity index (χ2v) is 10.5. The van der Waals surface area contributed by atoms with Crippen molar-refractivity contribution < 1.29 is 22.7 Å². The Morgan fingerprint density at radius 3 is 2.53 bits per heavy atom. The van der Waals surface area contributed by atoms with Gasteiger partial charge in [0.2, 0.25) is 0 Å². The van der Waals surface area contributed by atoms with Gasteiger partial charge in [-0.15, -0.1) is 0 Å². The number of ether oxygens (including phenoxy) is 1. The standard InChI is InChI=1S/C27H29N3O5S/c1-18-7-5-8-21(15-18)30-36(33,34)25-16-20(13-12-19(25)2)26(31)29-24-11-4-3-10-23(24)27(32)28-17-22-9-6-14-35-22/h3-5,7-8,10-13,15-16,22,30H,6,9,14,17H2,1-2H3,(H,28,32)(H,29,31)/t22-/m1/s1. The Hall–Kier alpha value is -3.69. The molecule has 3 N–H and O–H groups in total. The van der Waals surface area contributed by atoms with E-state index in [0.29, 0.717) is 35.7 Å². The SMILES string of the molecule is Cc1cccc(NS(=O)(=O)c2cc(C(=O)Nc3ccccc3C(=O)NC[C@H]3CCCO3)ccc2C)c1. The Labute approximate surface area is 211 Å². The molecular weight excluding hydrogens is 478 g/mol. The minimum atomic E-state index is -3.93. The van der Waals surface area contributed by atoms with Gasteiger partial charge in [0.15, 0.2) is 0 Å². The average Bonchev–Trinajstić information content (AvgIpc) is 3.36. The lowest BCUT2D eigenvalue weighted by molar-refractivity contribution is 0.0858. The summed E-state index contributed by atoms with van der Waals surface area (Å²) in [5.41, 5.74) is 2.64. The fourth-order valence-electron chi connectivity index (χ4n) is 4.04. The van der Waals surface area contributed by atoms with Crippen molar-refractivity contribution in [2.75, 3.05) is 23.2 Å². The Morgan fingerprint density at radius 1 is 0.972 bits per heavy atom. The molecule has 0 radical (unpaired) electrons. The minimum absolute atomic E-state index is 0.000696. The summed E-state index contributed by atoms with van der Waals surface area (Å²) >= 11 is 0. The lowest BCUT2D eigenvalue weighted by Crippen LogP contribution is -2.32. The number of aryl methyl sites for hydroxylation is 2. The summed E-state index contributed by atoms with van der Waals surface area (Å²) in [6, 6.07) is 18.2. The zero-order chi connectivity index (χ0) is 25.7. The van der Waals surface area contributed by atoms with Crippen LogP contribution in [0.2, 0.25) is 0 Å². The van der Waals surface area contributed by atoms with Gasteiger partial charge in [-0.3, -0.25) is 14.3 Å². The molecule has 2 amide bonds. The van der Waals surface area contributed by atoms with Gasteiger partial charge in [-0.25, -0.2) is 8.42 Å². The quantitative estimate of drug-likeness (QED) is 0.422. The third-order valence-electron chi connectivity index (χ3n) is 5.94. The molecule has 0 unspecified atom stereocenters. The summed E-state index contributed by atoms with van der Waals surface area (Å²) in [4.78, 5) is 25.8. The predicted octanol–water partition coefficient (Wildman–Crippen LogP) is 4.27. The molecule has 188 valence electrons. The molecule has 1 aliphatic heterocycles. The largest absolute Gasteiger partial charge is 0.376 e. The van der Waals surface area contributed by atoms with Crippen LogP contribution in [0.5, 0.6) is 0 Å². The van der Waals surface area contributed by atoms with Crippen LogP contribution in [0.25, 0.3) is 0 Å². The average molecular weight is 508 g/mol. The second kappa shape index (κ2) is 10.9. The highest BCUT2D eigenvalue weighted by atomic mass is 32.2. The van der Waals surface area contributed by atoms with Crippen LogP contribution in [0.3, 0.4) is 0 Å².